The molecule has 0 spiro atoms. The highest BCUT2D eigenvalue weighted by molar-refractivity contribution is 5.82. The fraction of sp³-hybridized carbons (Fsp3) is 0.778. The van der Waals surface area contributed by atoms with Crippen molar-refractivity contribution in [2.45, 2.75) is 45.8 Å². The van der Waals surface area contributed by atoms with Gasteiger partial charge in [0.05, 0.1) is 0 Å². The van der Waals surface area contributed by atoms with Crippen molar-refractivity contribution in [3.8, 4) is 0 Å². The first kappa shape index (κ1) is 12.7. The van der Waals surface area contributed by atoms with Crippen LogP contribution in [0.2, 0.25) is 0 Å². The summed E-state index contributed by atoms with van der Waals surface area (Å²) in [5, 5.41) is 0. The van der Waals surface area contributed by atoms with Gasteiger partial charge in [0.2, 0.25) is 5.60 Å². The third-order valence-electron chi connectivity index (χ3n) is 1.25. The smallest absolute Gasteiger partial charge is 0.405 e. The van der Waals surface area contributed by atoms with E-state index in [1.54, 1.807) is 20.8 Å². The van der Waals surface area contributed by atoms with Crippen LogP contribution in [0.4, 0.5) is 4.79 Å². The molecule has 0 atom stereocenters. The summed E-state index contributed by atoms with van der Waals surface area (Å²) in [4.78, 5) is 21.9. The molecule has 5 nitrogen and oxygen atoms in total. The lowest BCUT2D eigenvalue weighted by atomic mass is 10.1. The van der Waals surface area contributed by atoms with Crippen LogP contribution < -0.4 is 5.73 Å². The molecule has 0 saturated carbocycles. The van der Waals surface area contributed by atoms with Gasteiger partial charge in [0.15, 0.2) is 0 Å². The number of carbonyl (C=O) groups excluding carboxylic acids is 2. The van der Waals surface area contributed by atoms with Crippen LogP contribution in [0.3, 0.4) is 0 Å². The number of esters is 1. The average Bonchev–Trinajstić information content (AvgIpc) is 1.79. The van der Waals surface area contributed by atoms with Crippen molar-refractivity contribution >= 4 is 12.1 Å². The number of ether oxygens (including phenoxy) is 2. The molecule has 0 aliphatic rings. The molecular weight excluding hydrogens is 186 g/mol. The lowest BCUT2D eigenvalue weighted by Crippen LogP contribution is -2.43. The van der Waals surface area contributed by atoms with Gasteiger partial charge in [-0.15, -0.1) is 0 Å². The topological polar surface area (TPSA) is 78.6 Å². The Balaban J connectivity index is 4.44. The summed E-state index contributed by atoms with van der Waals surface area (Å²) < 4.78 is 9.64. The van der Waals surface area contributed by atoms with Gasteiger partial charge in [-0.25, -0.2) is 9.59 Å². The number of hydrogen-bond acceptors (Lipinski definition) is 4. The average molecular weight is 203 g/mol. The molecule has 0 aromatic carbocycles. The monoisotopic (exact) mass is 203 g/mol. The first-order valence-corrected chi connectivity index (χ1v) is 4.26. The molecular formula is C9H17NO4. The highest BCUT2D eigenvalue weighted by atomic mass is 16.6. The summed E-state index contributed by atoms with van der Waals surface area (Å²) in [6, 6.07) is 0. The van der Waals surface area contributed by atoms with E-state index in [0.29, 0.717) is 0 Å². The summed E-state index contributed by atoms with van der Waals surface area (Å²) >= 11 is 0. The van der Waals surface area contributed by atoms with E-state index in [2.05, 4.69) is 4.74 Å². The number of hydrogen-bond donors (Lipinski definition) is 1. The molecule has 2 N–H and O–H groups in total. The molecule has 0 aliphatic carbocycles. The Hall–Kier alpha value is -1.26. The molecule has 0 heterocycles. The zero-order chi connectivity index (χ0) is 11.6. The van der Waals surface area contributed by atoms with E-state index in [0.717, 1.165) is 0 Å². The van der Waals surface area contributed by atoms with Crippen molar-refractivity contribution in [1.29, 1.82) is 0 Å². The molecule has 82 valence electrons. The minimum Gasteiger partial charge on any atom is -0.457 e. The molecule has 0 aromatic heterocycles. The summed E-state index contributed by atoms with van der Waals surface area (Å²) in [6.45, 7) is 8.03. The zero-order valence-corrected chi connectivity index (χ0v) is 9.21. The molecule has 14 heavy (non-hydrogen) atoms. The van der Waals surface area contributed by atoms with Gasteiger partial charge in [-0.05, 0) is 34.6 Å². The van der Waals surface area contributed by atoms with Crippen molar-refractivity contribution in [2.24, 2.45) is 5.73 Å². The van der Waals surface area contributed by atoms with Crippen LogP contribution in [0.5, 0.6) is 0 Å². The summed E-state index contributed by atoms with van der Waals surface area (Å²) in [5.74, 6) is -0.621. The van der Waals surface area contributed by atoms with Crippen molar-refractivity contribution in [2.75, 3.05) is 0 Å². The van der Waals surface area contributed by atoms with E-state index in [9.17, 15) is 9.59 Å². The van der Waals surface area contributed by atoms with E-state index in [1.807, 2.05) is 0 Å². The Bertz CT molecular complexity index is 240. The third kappa shape index (κ3) is 4.69. The number of primary amides is 1. The number of nitrogens with two attached hydrogens (primary N) is 1. The Morgan fingerprint density at radius 3 is 1.71 bits per heavy atom. The Kier molecular flexibility index (Phi) is 3.51. The van der Waals surface area contributed by atoms with Crippen LogP contribution in [0.25, 0.3) is 0 Å². The van der Waals surface area contributed by atoms with Crippen molar-refractivity contribution < 1.29 is 19.1 Å². The van der Waals surface area contributed by atoms with Crippen LogP contribution in [0.15, 0.2) is 0 Å². The molecule has 0 unspecified atom stereocenters. The third-order valence-corrected chi connectivity index (χ3v) is 1.25. The molecule has 0 aliphatic heterocycles. The first-order chi connectivity index (χ1) is 6.04. The first-order valence-electron chi connectivity index (χ1n) is 4.26. The van der Waals surface area contributed by atoms with Crippen LogP contribution in [-0.4, -0.2) is 23.3 Å². The van der Waals surface area contributed by atoms with Crippen LogP contribution in [0, 0.1) is 0 Å². The highest BCUT2D eigenvalue weighted by Crippen LogP contribution is 2.17. The van der Waals surface area contributed by atoms with E-state index in [1.165, 1.54) is 13.8 Å². The summed E-state index contributed by atoms with van der Waals surface area (Å²) in [5.41, 5.74) is 2.85. The molecule has 0 fully saturated rings. The highest BCUT2D eigenvalue weighted by Gasteiger charge is 2.35. The second-order valence-corrected chi connectivity index (χ2v) is 4.43. The zero-order valence-electron chi connectivity index (χ0n) is 9.21. The molecule has 1 amide bonds. The van der Waals surface area contributed by atoms with Gasteiger partial charge in [-0.2, -0.15) is 0 Å². The fourth-order valence-electron chi connectivity index (χ4n) is 0.694. The van der Waals surface area contributed by atoms with Crippen molar-refractivity contribution in [3.05, 3.63) is 0 Å². The molecule has 0 aromatic rings. The molecule has 0 saturated heterocycles. The van der Waals surface area contributed by atoms with Gasteiger partial charge >= 0.3 is 12.1 Å². The number of amides is 1. The predicted molar refractivity (Wildman–Crippen MR) is 50.6 cm³/mol. The molecule has 0 bridgehead atoms. The molecule has 0 radical (unpaired) electrons. The quantitative estimate of drug-likeness (QED) is 0.684. The van der Waals surface area contributed by atoms with E-state index in [-0.39, 0.29) is 0 Å². The van der Waals surface area contributed by atoms with Crippen molar-refractivity contribution in [1.82, 2.24) is 0 Å². The largest absolute Gasteiger partial charge is 0.457 e. The second-order valence-electron chi connectivity index (χ2n) is 4.43. The fourth-order valence-corrected chi connectivity index (χ4v) is 0.694. The van der Waals surface area contributed by atoms with Gasteiger partial charge in [-0.3, -0.25) is 0 Å². The summed E-state index contributed by atoms with van der Waals surface area (Å²) in [7, 11) is 0. The van der Waals surface area contributed by atoms with Crippen LogP contribution >= 0.6 is 0 Å². The van der Waals surface area contributed by atoms with Gasteiger partial charge in [0.1, 0.15) is 5.60 Å². The van der Waals surface area contributed by atoms with Gasteiger partial charge in [0.25, 0.3) is 0 Å². The lowest BCUT2D eigenvalue weighted by Gasteiger charge is -2.27. The maximum Gasteiger partial charge on any atom is 0.405 e. The maximum absolute atomic E-state index is 11.5. The van der Waals surface area contributed by atoms with Crippen molar-refractivity contribution in [3.63, 3.8) is 0 Å². The maximum atomic E-state index is 11.5. The van der Waals surface area contributed by atoms with E-state index in [4.69, 9.17) is 10.5 Å². The summed E-state index contributed by atoms with van der Waals surface area (Å²) in [6.07, 6.45) is -0.999. The minimum atomic E-state index is -1.35. The molecule has 5 heteroatoms. The Morgan fingerprint density at radius 1 is 1.00 bits per heavy atom. The standard InChI is InChI=1S/C9H17NO4/c1-8(2,3)13-6(11)9(4,5)14-7(10)12/h1-5H3,(H2,10,12). The van der Waals surface area contributed by atoms with E-state index < -0.39 is 23.3 Å². The van der Waals surface area contributed by atoms with Crippen LogP contribution in [-0.2, 0) is 14.3 Å². The van der Waals surface area contributed by atoms with E-state index >= 15 is 0 Å². The number of rotatable bonds is 2. The Labute approximate surface area is 83.5 Å². The predicted octanol–water partition coefficient (Wildman–Crippen LogP) is 1.20. The normalized spacial score (nSPS) is 12.1. The molecule has 0 rings (SSSR count). The Morgan fingerprint density at radius 2 is 1.43 bits per heavy atom. The van der Waals surface area contributed by atoms with Gasteiger partial charge in [-0.1, -0.05) is 0 Å². The van der Waals surface area contributed by atoms with Gasteiger partial charge in [0, 0.05) is 0 Å². The van der Waals surface area contributed by atoms with Gasteiger partial charge < -0.3 is 15.2 Å². The second kappa shape index (κ2) is 3.86. The number of carbonyl (C=O) groups is 2. The lowest BCUT2D eigenvalue weighted by molar-refractivity contribution is -0.173. The van der Waals surface area contributed by atoms with Crippen LogP contribution in [0.1, 0.15) is 34.6 Å². The SMILES string of the molecule is CC(C)(C)OC(=O)C(C)(C)OC(N)=O. The minimum absolute atomic E-state index is 0.616.